The Morgan fingerprint density at radius 3 is 2.92 bits per heavy atom. The van der Waals surface area contributed by atoms with Crippen molar-refractivity contribution < 1.29 is 14.3 Å². The number of benzene rings is 1. The van der Waals surface area contributed by atoms with Crippen molar-refractivity contribution >= 4 is 16.8 Å². The first-order valence-corrected chi connectivity index (χ1v) is 8.47. The van der Waals surface area contributed by atoms with Crippen LogP contribution in [0.3, 0.4) is 0 Å². The molecule has 0 spiro atoms. The molecule has 2 N–H and O–H groups in total. The number of amides is 1. The third kappa shape index (κ3) is 3.45. The maximum atomic E-state index is 12.5. The van der Waals surface area contributed by atoms with E-state index in [0.717, 1.165) is 24.3 Å². The van der Waals surface area contributed by atoms with Gasteiger partial charge in [0.15, 0.2) is 0 Å². The number of hydrogen-bond acceptors (Lipinski definition) is 4. The van der Waals surface area contributed by atoms with Gasteiger partial charge >= 0.3 is 0 Å². The first-order chi connectivity index (χ1) is 12.2. The molecule has 1 aromatic carbocycles. The highest BCUT2D eigenvalue weighted by molar-refractivity contribution is 5.93. The number of H-pyrrole nitrogens is 1. The predicted molar refractivity (Wildman–Crippen MR) is 94.2 cm³/mol. The van der Waals surface area contributed by atoms with Gasteiger partial charge in [0.2, 0.25) is 0 Å². The van der Waals surface area contributed by atoms with Gasteiger partial charge in [0, 0.05) is 43.9 Å². The van der Waals surface area contributed by atoms with E-state index < -0.39 is 6.10 Å². The molecule has 1 amide bonds. The molecule has 6 heteroatoms. The normalized spacial score (nSPS) is 19.2. The van der Waals surface area contributed by atoms with Crippen molar-refractivity contribution in [3.05, 3.63) is 60.2 Å². The maximum Gasteiger partial charge on any atom is 0.257 e. The lowest BCUT2D eigenvalue weighted by molar-refractivity contribution is 0.0662. The van der Waals surface area contributed by atoms with Gasteiger partial charge in [-0.1, -0.05) is 18.2 Å². The summed E-state index contributed by atoms with van der Waals surface area (Å²) in [4.78, 5) is 19.8. The van der Waals surface area contributed by atoms with Gasteiger partial charge in [-0.3, -0.25) is 9.69 Å². The number of β-amino-alcohol motifs (C(OH)–C–C–N with tert-alkyl or cyclic N) is 1. The number of fused-ring (bicyclic) bond motifs is 1. The van der Waals surface area contributed by atoms with Gasteiger partial charge in [0.1, 0.15) is 6.26 Å². The number of aliphatic hydroxyl groups is 1. The predicted octanol–water partition coefficient (Wildman–Crippen LogP) is 2.08. The van der Waals surface area contributed by atoms with Gasteiger partial charge in [0.25, 0.3) is 5.91 Å². The van der Waals surface area contributed by atoms with Crippen LogP contribution in [-0.4, -0.2) is 58.1 Å². The summed E-state index contributed by atoms with van der Waals surface area (Å²) in [7, 11) is 0. The largest absolute Gasteiger partial charge is 0.472 e. The summed E-state index contributed by atoms with van der Waals surface area (Å²) in [5.41, 5.74) is 2.75. The van der Waals surface area contributed by atoms with E-state index in [1.807, 2.05) is 12.1 Å². The topological polar surface area (TPSA) is 72.7 Å². The average Bonchev–Trinajstić information content (AvgIpc) is 3.22. The first kappa shape index (κ1) is 15.9. The monoisotopic (exact) mass is 339 g/mol. The van der Waals surface area contributed by atoms with E-state index in [9.17, 15) is 9.90 Å². The second-order valence-electron chi connectivity index (χ2n) is 6.53. The highest BCUT2D eigenvalue weighted by Crippen LogP contribution is 2.17. The molecule has 1 saturated heterocycles. The van der Waals surface area contributed by atoms with Crippen molar-refractivity contribution in [2.75, 3.05) is 26.2 Å². The zero-order valence-electron chi connectivity index (χ0n) is 13.9. The molecule has 1 aliphatic rings. The van der Waals surface area contributed by atoms with E-state index in [2.05, 4.69) is 28.1 Å². The van der Waals surface area contributed by atoms with Gasteiger partial charge in [-0.05, 0) is 23.6 Å². The third-order valence-electron chi connectivity index (χ3n) is 4.62. The van der Waals surface area contributed by atoms with Crippen molar-refractivity contribution in [1.82, 2.24) is 14.8 Å². The smallest absolute Gasteiger partial charge is 0.257 e. The van der Waals surface area contributed by atoms with Crippen LogP contribution in [-0.2, 0) is 6.54 Å². The first-order valence-electron chi connectivity index (χ1n) is 8.47. The Morgan fingerprint density at radius 1 is 1.24 bits per heavy atom. The van der Waals surface area contributed by atoms with E-state index in [4.69, 9.17) is 4.42 Å². The van der Waals surface area contributed by atoms with Crippen LogP contribution in [0.15, 0.2) is 53.3 Å². The van der Waals surface area contributed by atoms with Gasteiger partial charge in [0.05, 0.1) is 17.9 Å². The summed E-state index contributed by atoms with van der Waals surface area (Å²) in [5, 5.41) is 11.5. The van der Waals surface area contributed by atoms with Crippen molar-refractivity contribution in [1.29, 1.82) is 0 Å². The molecule has 1 aliphatic heterocycles. The number of aromatic amines is 1. The van der Waals surface area contributed by atoms with E-state index in [0.29, 0.717) is 25.2 Å². The number of nitrogens with one attached hydrogen (secondary N) is 1. The molecule has 0 bridgehead atoms. The Labute approximate surface area is 145 Å². The van der Waals surface area contributed by atoms with Crippen LogP contribution in [0.5, 0.6) is 0 Å². The van der Waals surface area contributed by atoms with Crippen LogP contribution in [0.25, 0.3) is 10.9 Å². The van der Waals surface area contributed by atoms with Gasteiger partial charge in [-0.25, -0.2) is 0 Å². The Hall–Kier alpha value is -2.57. The standard InChI is InChI=1S/C19H21N3O3/c23-17-11-21(10-16-9-14-3-1-2-4-18(14)20-16)6-7-22(12-17)19(24)15-5-8-25-13-15/h1-5,8-9,13,17,20,23H,6-7,10-12H2/t17-/m1/s1. The molecule has 1 atom stereocenters. The summed E-state index contributed by atoms with van der Waals surface area (Å²) < 4.78 is 4.99. The minimum Gasteiger partial charge on any atom is -0.472 e. The SMILES string of the molecule is O=C(c1ccoc1)N1CCN(Cc2cc3ccccc3[nH]2)C[C@@H](O)C1. The minimum atomic E-state index is -0.567. The fraction of sp³-hybridized carbons (Fsp3) is 0.316. The number of para-hydroxylation sites is 1. The number of carbonyl (C=O) groups is 1. The second kappa shape index (κ2) is 6.74. The Morgan fingerprint density at radius 2 is 2.12 bits per heavy atom. The van der Waals surface area contributed by atoms with Gasteiger partial charge in [-0.2, -0.15) is 0 Å². The maximum absolute atomic E-state index is 12.5. The Balaban J connectivity index is 1.44. The van der Waals surface area contributed by atoms with Crippen LogP contribution in [0.4, 0.5) is 0 Å². The molecule has 0 radical (unpaired) electrons. The molecule has 25 heavy (non-hydrogen) atoms. The number of aliphatic hydroxyl groups excluding tert-OH is 1. The van der Waals surface area contributed by atoms with Crippen molar-refractivity contribution in [2.24, 2.45) is 0 Å². The molecule has 4 rings (SSSR count). The number of furan rings is 1. The molecule has 3 aromatic rings. The number of carbonyl (C=O) groups excluding carboxylic acids is 1. The summed E-state index contributed by atoms with van der Waals surface area (Å²) in [6, 6.07) is 12.0. The molecule has 6 nitrogen and oxygen atoms in total. The Kier molecular flexibility index (Phi) is 4.29. The zero-order valence-corrected chi connectivity index (χ0v) is 13.9. The fourth-order valence-corrected chi connectivity index (χ4v) is 3.41. The van der Waals surface area contributed by atoms with Crippen LogP contribution in [0, 0.1) is 0 Å². The number of nitrogens with zero attached hydrogens (tertiary/aromatic N) is 2. The number of aromatic nitrogens is 1. The molecule has 0 unspecified atom stereocenters. The summed E-state index contributed by atoms with van der Waals surface area (Å²) >= 11 is 0. The number of hydrogen-bond donors (Lipinski definition) is 2. The molecule has 1 fully saturated rings. The molecule has 130 valence electrons. The van der Waals surface area contributed by atoms with Gasteiger partial charge in [-0.15, -0.1) is 0 Å². The van der Waals surface area contributed by atoms with E-state index in [-0.39, 0.29) is 5.91 Å². The van der Waals surface area contributed by atoms with E-state index >= 15 is 0 Å². The molecular formula is C19H21N3O3. The summed E-state index contributed by atoms with van der Waals surface area (Å²) in [6.07, 6.45) is 2.37. The highest BCUT2D eigenvalue weighted by atomic mass is 16.3. The lowest BCUT2D eigenvalue weighted by Gasteiger charge is -2.21. The van der Waals surface area contributed by atoms with Gasteiger partial charge < -0.3 is 19.4 Å². The molecule has 0 aliphatic carbocycles. The lowest BCUT2D eigenvalue weighted by Crippen LogP contribution is -2.37. The molecule has 2 aromatic heterocycles. The minimum absolute atomic E-state index is 0.0970. The summed E-state index contributed by atoms with van der Waals surface area (Å²) in [5.74, 6) is -0.0970. The lowest BCUT2D eigenvalue weighted by atomic mass is 10.2. The van der Waals surface area contributed by atoms with Crippen molar-refractivity contribution in [2.45, 2.75) is 12.6 Å². The summed E-state index contributed by atoms with van der Waals surface area (Å²) in [6.45, 7) is 2.91. The van der Waals surface area contributed by atoms with Crippen molar-refractivity contribution in [3.8, 4) is 0 Å². The number of rotatable bonds is 3. The van der Waals surface area contributed by atoms with E-state index in [1.54, 1.807) is 11.0 Å². The second-order valence-corrected chi connectivity index (χ2v) is 6.53. The average molecular weight is 339 g/mol. The third-order valence-corrected chi connectivity index (χ3v) is 4.62. The quantitative estimate of drug-likeness (QED) is 0.766. The molecule has 3 heterocycles. The highest BCUT2D eigenvalue weighted by Gasteiger charge is 2.25. The van der Waals surface area contributed by atoms with E-state index in [1.165, 1.54) is 17.9 Å². The molecule has 0 saturated carbocycles. The van der Waals surface area contributed by atoms with Crippen LogP contribution in [0.1, 0.15) is 16.1 Å². The van der Waals surface area contributed by atoms with Crippen molar-refractivity contribution in [3.63, 3.8) is 0 Å². The molecular weight excluding hydrogens is 318 g/mol. The van der Waals surface area contributed by atoms with Crippen LogP contribution >= 0.6 is 0 Å². The van der Waals surface area contributed by atoms with Crippen LogP contribution < -0.4 is 0 Å². The Bertz CT molecular complexity index is 823. The zero-order chi connectivity index (χ0) is 17.2. The fourth-order valence-electron chi connectivity index (χ4n) is 3.41. The van der Waals surface area contributed by atoms with Crippen LogP contribution in [0.2, 0.25) is 0 Å².